The molecule has 3 aromatic heterocycles. The lowest BCUT2D eigenvalue weighted by atomic mass is 10.2. The molecule has 5 rings (SSSR count). The minimum Gasteiger partial charge on any atom is -0.464 e. The largest absolute Gasteiger partial charge is 0.464 e. The zero-order chi connectivity index (χ0) is 14.8. The van der Waals surface area contributed by atoms with Gasteiger partial charge in [0, 0.05) is 21.7 Å². The molecule has 0 aliphatic carbocycles. The highest BCUT2D eigenvalue weighted by molar-refractivity contribution is 7.25. The first kappa shape index (κ1) is 13.0. The molecule has 3 heterocycles. The van der Waals surface area contributed by atoms with Gasteiger partial charge in [0.1, 0.15) is 11.9 Å². The molecule has 22 heavy (non-hydrogen) atoms. The molecule has 0 N–H and O–H groups in total. The highest BCUT2D eigenvalue weighted by atomic mass is 32.1. The number of hydrogen-bond donors (Lipinski definition) is 0. The molecule has 5 aromatic rings. The van der Waals surface area contributed by atoms with Crippen molar-refractivity contribution in [2.24, 2.45) is 0 Å². The quantitative estimate of drug-likeness (QED) is 0.391. The molecule has 0 atom stereocenters. The molecule has 2 aromatic carbocycles. The molecule has 0 bridgehead atoms. The van der Waals surface area contributed by atoms with Gasteiger partial charge in [0.05, 0.1) is 16.5 Å². The Kier molecular flexibility index (Phi) is 3.29. The van der Waals surface area contributed by atoms with E-state index in [2.05, 4.69) is 22.1 Å². The SMILES string of the molecule is c1ccc2c(c1)sc1cncnc12.c1ccc2occc2c1. The van der Waals surface area contributed by atoms with E-state index in [4.69, 9.17) is 4.42 Å². The second kappa shape index (κ2) is 5.58. The van der Waals surface area contributed by atoms with Crippen molar-refractivity contribution >= 4 is 42.6 Å². The van der Waals surface area contributed by atoms with Crippen LogP contribution >= 0.6 is 11.3 Å². The second-order valence-corrected chi connectivity index (χ2v) is 5.88. The van der Waals surface area contributed by atoms with Crippen molar-refractivity contribution < 1.29 is 4.42 Å². The lowest BCUT2D eigenvalue weighted by molar-refractivity contribution is 0.616. The molecule has 4 heteroatoms. The van der Waals surface area contributed by atoms with Crippen LogP contribution in [0.25, 0.3) is 31.3 Å². The topological polar surface area (TPSA) is 38.9 Å². The van der Waals surface area contributed by atoms with E-state index in [1.807, 2.05) is 48.7 Å². The van der Waals surface area contributed by atoms with Crippen LogP contribution in [0.1, 0.15) is 0 Å². The van der Waals surface area contributed by atoms with Gasteiger partial charge in [0.25, 0.3) is 0 Å². The Balaban J connectivity index is 0.000000122. The summed E-state index contributed by atoms with van der Waals surface area (Å²) in [5, 5.41) is 2.39. The van der Waals surface area contributed by atoms with Gasteiger partial charge in [0.2, 0.25) is 0 Å². The summed E-state index contributed by atoms with van der Waals surface area (Å²) in [5.41, 5.74) is 2.02. The van der Waals surface area contributed by atoms with Crippen LogP contribution in [0.15, 0.2) is 77.8 Å². The van der Waals surface area contributed by atoms with E-state index in [1.165, 1.54) is 10.1 Å². The Morgan fingerprint density at radius 3 is 2.68 bits per heavy atom. The molecule has 0 saturated carbocycles. The Hall–Kier alpha value is -2.72. The second-order valence-electron chi connectivity index (χ2n) is 4.79. The molecule has 0 spiro atoms. The number of nitrogens with zero attached hydrogens (tertiary/aromatic N) is 2. The fourth-order valence-corrected chi connectivity index (χ4v) is 3.40. The molecule has 0 unspecified atom stereocenters. The van der Waals surface area contributed by atoms with Crippen LogP contribution in [0.4, 0.5) is 0 Å². The van der Waals surface area contributed by atoms with Gasteiger partial charge >= 0.3 is 0 Å². The summed E-state index contributed by atoms with van der Waals surface area (Å²) in [6.45, 7) is 0. The van der Waals surface area contributed by atoms with Gasteiger partial charge in [-0.2, -0.15) is 0 Å². The smallest absolute Gasteiger partial charge is 0.133 e. The van der Waals surface area contributed by atoms with E-state index in [1.54, 1.807) is 23.9 Å². The van der Waals surface area contributed by atoms with E-state index in [9.17, 15) is 0 Å². The summed E-state index contributed by atoms with van der Waals surface area (Å²) in [6, 6.07) is 18.2. The fraction of sp³-hybridized carbons (Fsp3) is 0. The molecular formula is C18H12N2OS. The Bertz CT molecular complexity index is 968. The minimum absolute atomic E-state index is 0.956. The van der Waals surface area contributed by atoms with Crippen molar-refractivity contribution in [1.82, 2.24) is 9.97 Å². The summed E-state index contributed by atoms with van der Waals surface area (Å²) >= 11 is 1.74. The van der Waals surface area contributed by atoms with Gasteiger partial charge in [-0.15, -0.1) is 11.3 Å². The summed E-state index contributed by atoms with van der Waals surface area (Å²) in [7, 11) is 0. The third kappa shape index (κ3) is 2.34. The lowest BCUT2D eigenvalue weighted by Crippen LogP contribution is -1.74. The third-order valence-electron chi connectivity index (χ3n) is 3.40. The average molecular weight is 304 g/mol. The number of hydrogen-bond acceptors (Lipinski definition) is 4. The van der Waals surface area contributed by atoms with E-state index < -0.39 is 0 Å². The van der Waals surface area contributed by atoms with E-state index in [0.717, 1.165) is 21.2 Å². The number of benzene rings is 2. The number of aromatic nitrogens is 2. The summed E-state index contributed by atoms with van der Waals surface area (Å²) in [5.74, 6) is 0. The average Bonchev–Trinajstić information content (AvgIpc) is 3.19. The predicted molar refractivity (Wildman–Crippen MR) is 91.1 cm³/mol. The number of para-hydroxylation sites is 1. The first-order valence-corrected chi connectivity index (χ1v) is 7.73. The van der Waals surface area contributed by atoms with E-state index >= 15 is 0 Å². The van der Waals surface area contributed by atoms with E-state index in [-0.39, 0.29) is 0 Å². The maximum absolute atomic E-state index is 5.12. The molecule has 3 nitrogen and oxygen atoms in total. The first-order valence-electron chi connectivity index (χ1n) is 6.91. The summed E-state index contributed by atoms with van der Waals surface area (Å²) in [4.78, 5) is 8.28. The van der Waals surface area contributed by atoms with Crippen LogP contribution in [0.3, 0.4) is 0 Å². The summed E-state index contributed by atoms with van der Waals surface area (Å²) < 4.78 is 7.55. The van der Waals surface area contributed by atoms with Crippen molar-refractivity contribution in [2.75, 3.05) is 0 Å². The zero-order valence-corrected chi connectivity index (χ0v) is 12.5. The Morgan fingerprint density at radius 2 is 1.73 bits per heavy atom. The molecule has 0 radical (unpaired) electrons. The highest BCUT2D eigenvalue weighted by Gasteiger charge is 2.03. The Morgan fingerprint density at radius 1 is 0.864 bits per heavy atom. The van der Waals surface area contributed by atoms with Crippen molar-refractivity contribution in [1.29, 1.82) is 0 Å². The third-order valence-corrected chi connectivity index (χ3v) is 4.50. The molecule has 106 valence electrons. The van der Waals surface area contributed by atoms with Crippen LogP contribution in [0.5, 0.6) is 0 Å². The zero-order valence-electron chi connectivity index (χ0n) is 11.6. The monoisotopic (exact) mass is 304 g/mol. The summed E-state index contributed by atoms with van der Waals surface area (Å²) in [6.07, 6.45) is 5.17. The van der Waals surface area contributed by atoms with Crippen LogP contribution < -0.4 is 0 Å². The maximum Gasteiger partial charge on any atom is 0.133 e. The minimum atomic E-state index is 0.956. The van der Waals surface area contributed by atoms with E-state index in [0.29, 0.717) is 0 Å². The number of furan rings is 1. The van der Waals surface area contributed by atoms with Crippen LogP contribution in [0, 0.1) is 0 Å². The molecule has 0 aliphatic heterocycles. The molecule has 0 amide bonds. The first-order chi connectivity index (χ1) is 10.9. The molecular weight excluding hydrogens is 292 g/mol. The van der Waals surface area contributed by atoms with Crippen LogP contribution in [-0.4, -0.2) is 9.97 Å². The van der Waals surface area contributed by atoms with Gasteiger partial charge in [-0.25, -0.2) is 9.97 Å². The van der Waals surface area contributed by atoms with Gasteiger partial charge in [-0.1, -0.05) is 36.4 Å². The molecule has 0 fully saturated rings. The fourth-order valence-electron chi connectivity index (χ4n) is 2.37. The van der Waals surface area contributed by atoms with Crippen molar-refractivity contribution in [3.63, 3.8) is 0 Å². The number of fused-ring (bicyclic) bond motifs is 4. The van der Waals surface area contributed by atoms with Crippen molar-refractivity contribution in [3.8, 4) is 0 Å². The molecule has 0 saturated heterocycles. The van der Waals surface area contributed by atoms with Crippen LogP contribution in [-0.2, 0) is 0 Å². The maximum atomic E-state index is 5.12. The van der Waals surface area contributed by atoms with Crippen LogP contribution in [0.2, 0.25) is 0 Å². The van der Waals surface area contributed by atoms with Crippen molar-refractivity contribution in [2.45, 2.75) is 0 Å². The Labute approximate surface area is 130 Å². The lowest BCUT2D eigenvalue weighted by Gasteiger charge is -1.86. The number of thiophene rings is 1. The highest BCUT2D eigenvalue weighted by Crippen LogP contribution is 2.30. The standard InChI is InChI=1S/C10H6N2S.C8H6O/c1-2-4-8-7(3-1)10-9(13-8)5-11-6-12-10;1-2-4-8-7(3-1)5-6-9-8/h1-6H;1-6H. The predicted octanol–water partition coefficient (Wildman–Crippen LogP) is 5.28. The van der Waals surface area contributed by atoms with Gasteiger partial charge in [-0.3, -0.25) is 0 Å². The van der Waals surface area contributed by atoms with Crippen molar-refractivity contribution in [3.05, 3.63) is 73.4 Å². The van der Waals surface area contributed by atoms with Gasteiger partial charge in [0.15, 0.2) is 0 Å². The van der Waals surface area contributed by atoms with Gasteiger partial charge in [-0.05, 0) is 18.2 Å². The van der Waals surface area contributed by atoms with Gasteiger partial charge < -0.3 is 4.42 Å². The normalized spacial score (nSPS) is 10.7. The molecule has 0 aliphatic rings. The number of rotatable bonds is 0.